The Hall–Kier alpha value is -0.130. The van der Waals surface area contributed by atoms with Gasteiger partial charge in [0.05, 0.1) is 11.5 Å². The number of likely N-dealkylation sites (tertiary alicyclic amines) is 1. The predicted molar refractivity (Wildman–Crippen MR) is 77.0 cm³/mol. The van der Waals surface area contributed by atoms with Crippen molar-refractivity contribution in [1.29, 1.82) is 0 Å². The van der Waals surface area contributed by atoms with E-state index in [0.29, 0.717) is 23.6 Å². The van der Waals surface area contributed by atoms with Crippen molar-refractivity contribution in [2.45, 2.75) is 63.1 Å². The van der Waals surface area contributed by atoms with Crippen LogP contribution in [-0.2, 0) is 9.84 Å². The lowest BCUT2D eigenvalue weighted by atomic mass is 9.92. The molecule has 0 aliphatic carbocycles. The fourth-order valence-corrected chi connectivity index (χ4v) is 5.88. The number of hydrogen-bond acceptors (Lipinski definition) is 4. The van der Waals surface area contributed by atoms with Gasteiger partial charge in [0.15, 0.2) is 9.84 Å². The molecule has 0 amide bonds. The van der Waals surface area contributed by atoms with E-state index in [0.717, 1.165) is 25.9 Å². The second kappa shape index (κ2) is 5.70. The standard InChI is InChI=1S/C14H26N2O2S/c17-19(18)10-4-5-12(11-19)16-9-2-1-7-14(16)13-6-3-8-15-13/h12-15H,1-11H2. The van der Waals surface area contributed by atoms with Crippen molar-refractivity contribution in [2.75, 3.05) is 24.6 Å². The molecule has 3 aliphatic heterocycles. The number of hydrogen-bond donors (Lipinski definition) is 1. The Morgan fingerprint density at radius 2 is 1.89 bits per heavy atom. The van der Waals surface area contributed by atoms with E-state index in [9.17, 15) is 8.42 Å². The Balaban J connectivity index is 1.72. The van der Waals surface area contributed by atoms with Crippen molar-refractivity contribution in [3.63, 3.8) is 0 Å². The van der Waals surface area contributed by atoms with E-state index < -0.39 is 9.84 Å². The summed E-state index contributed by atoms with van der Waals surface area (Å²) in [6.07, 6.45) is 8.25. The minimum absolute atomic E-state index is 0.284. The molecule has 19 heavy (non-hydrogen) atoms. The maximum Gasteiger partial charge on any atom is 0.151 e. The van der Waals surface area contributed by atoms with Crippen LogP contribution < -0.4 is 5.32 Å². The molecule has 3 fully saturated rings. The van der Waals surface area contributed by atoms with Gasteiger partial charge in [-0.05, 0) is 51.6 Å². The molecule has 4 nitrogen and oxygen atoms in total. The molecular weight excluding hydrogens is 260 g/mol. The number of nitrogens with one attached hydrogen (secondary N) is 1. The maximum atomic E-state index is 11.9. The highest BCUT2D eigenvalue weighted by molar-refractivity contribution is 7.91. The number of piperidine rings is 1. The molecule has 3 rings (SSSR count). The van der Waals surface area contributed by atoms with Gasteiger partial charge in [-0.25, -0.2) is 8.42 Å². The van der Waals surface area contributed by atoms with Crippen LogP contribution in [0.25, 0.3) is 0 Å². The van der Waals surface area contributed by atoms with Gasteiger partial charge in [0, 0.05) is 18.1 Å². The summed E-state index contributed by atoms with van der Waals surface area (Å²) >= 11 is 0. The van der Waals surface area contributed by atoms with Crippen LogP contribution in [0.4, 0.5) is 0 Å². The average molecular weight is 286 g/mol. The van der Waals surface area contributed by atoms with Gasteiger partial charge >= 0.3 is 0 Å². The van der Waals surface area contributed by atoms with Crippen LogP contribution >= 0.6 is 0 Å². The molecule has 3 heterocycles. The summed E-state index contributed by atoms with van der Waals surface area (Å²) in [5.74, 6) is 0.805. The highest BCUT2D eigenvalue weighted by Crippen LogP contribution is 2.29. The van der Waals surface area contributed by atoms with E-state index in [-0.39, 0.29) is 6.04 Å². The Bertz CT molecular complexity index is 404. The molecule has 5 heteroatoms. The maximum absolute atomic E-state index is 11.9. The van der Waals surface area contributed by atoms with Crippen LogP contribution in [0.15, 0.2) is 0 Å². The monoisotopic (exact) mass is 286 g/mol. The first kappa shape index (κ1) is 13.8. The van der Waals surface area contributed by atoms with Crippen LogP contribution in [0.1, 0.15) is 44.9 Å². The molecule has 0 bridgehead atoms. The number of rotatable bonds is 2. The zero-order valence-electron chi connectivity index (χ0n) is 11.7. The van der Waals surface area contributed by atoms with Crippen molar-refractivity contribution in [3.05, 3.63) is 0 Å². The molecule has 0 radical (unpaired) electrons. The molecule has 0 aromatic rings. The average Bonchev–Trinajstić information content (AvgIpc) is 2.91. The fourth-order valence-electron chi connectivity index (χ4n) is 4.17. The second-order valence-corrected chi connectivity index (χ2v) is 8.64. The largest absolute Gasteiger partial charge is 0.312 e. The van der Waals surface area contributed by atoms with Gasteiger partial charge in [-0.3, -0.25) is 4.90 Å². The Morgan fingerprint density at radius 1 is 1.00 bits per heavy atom. The minimum Gasteiger partial charge on any atom is -0.312 e. The summed E-state index contributed by atoms with van der Waals surface area (Å²) in [7, 11) is -2.79. The van der Waals surface area contributed by atoms with E-state index in [4.69, 9.17) is 0 Å². The summed E-state index contributed by atoms with van der Waals surface area (Å²) in [6, 6.07) is 1.46. The first-order valence-corrected chi connectivity index (χ1v) is 9.67. The van der Waals surface area contributed by atoms with Crippen molar-refractivity contribution in [2.24, 2.45) is 0 Å². The van der Waals surface area contributed by atoms with Crippen LogP contribution in [0, 0.1) is 0 Å². The quantitative estimate of drug-likeness (QED) is 0.828. The van der Waals surface area contributed by atoms with Gasteiger partial charge < -0.3 is 5.32 Å². The third-order valence-corrected chi connectivity index (χ3v) is 6.87. The third kappa shape index (κ3) is 3.14. The number of nitrogens with zero attached hydrogens (tertiary/aromatic N) is 1. The van der Waals surface area contributed by atoms with E-state index in [1.807, 2.05) is 0 Å². The van der Waals surface area contributed by atoms with Gasteiger partial charge in [-0.1, -0.05) is 6.42 Å². The highest BCUT2D eigenvalue weighted by Gasteiger charge is 2.38. The van der Waals surface area contributed by atoms with Crippen molar-refractivity contribution >= 4 is 9.84 Å². The Morgan fingerprint density at radius 3 is 2.63 bits per heavy atom. The van der Waals surface area contributed by atoms with Crippen molar-refractivity contribution < 1.29 is 8.42 Å². The lowest BCUT2D eigenvalue weighted by Gasteiger charge is -2.45. The molecule has 3 unspecified atom stereocenters. The zero-order chi connectivity index (χ0) is 13.3. The highest BCUT2D eigenvalue weighted by atomic mass is 32.2. The smallest absolute Gasteiger partial charge is 0.151 e. The molecule has 0 spiro atoms. The molecule has 3 aliphatic rings. The first-order chi connectivity index (χ1) is 9.16. The van der Waals surface area contributed by atoms with Gasteiger partial charge in [0.1, 0.15) is 0 Å². The topological polar surface area (TPSA) is 49.4 Å². The molecule has 3 atom stereocenters. The Labute approximate surface area is 116 Å². The Kier molecular flexibility index (Phi) is 4.15. The summed E-state index contributed by atoms with van der Waals surface area (Å²) in [5.41, 5.74) is 0. The van der Waals surface area contributed by atoms with E-state index in [1.54, 1.807) is 0 Å². The molecule has 1 N–H and O–H groups in total. The fraction of sp³-hybridized carbons (Fsp3) is 1.00. The van der Waals surface area contributed by atoms with Crippen LogP contribution in [0.3, 0.4) is 0 Å². The van der Waals surface area contributed by atoms with E-state index >= 15 is 0 Å². The van der Waals surface area contributed by atoms with Crippen LogP contribution in [-0.4, -0.2) is 56.0 Å². The summed E-state index contributed by atoms with van der Waals surface area (Å²) in [5, 5.41) is 3.62. The summed E-state index contributed by atoms with van der Waals surface area (Å²) in [4.78, 5) is 2.54. The van der Waals surface area contributed by atoms with Crippen LogP contribution in [0.2, 0.25) is 0 Å². The molecule has 110 valence electrons. The molecule has 0 aromatic carbocycles. The van der Waals surface area contributed by atoms with Gasteiger partial charge in [0.25, 0.3) is 0 Å². The minimum atomic E-state index is -2.79. The predicted octanol–water partition coefficient (Wildman–Crippen LogP) is 1.17. The van der Waals surface area contributed by atoms with Crippen molar-refractivity contribution in [1.82, 2.24) is 10.2 Å². The lowest BCUT2D eigenvalue weighted by Crippen LogP contribution is -2.56. The molecule has 0 aromatic heterocycles. The van der Waals surface area contributed by atoms with Gasteiger partial charge in [-0.15, -0.1) is 0 Å². The molecule has 0 saturated carbocycles. The lowest BCUT2D eigenvalue weighted by molar-refractivity contribution is 0.0759. The summed E-state index contributed by atoms with van der Waals surface area (Å²) < 4.78 is 23.8. The first-order valence-electron chi connectivity index (χ1n) is 7.85. The van der Waals surface area contributed by atoms with Gasteiger partial charge in [-0.2, -0.15) is 0 Å². The normalized spacial score (nSPS) is 40.3. The van der Waals surface area contributed by atoms with E-state index in [2.05, 4.69) is 10.2 Å². The zero-order valence-corrected chi connectivity index (χ0v) is 12.5. The second-order valence-electron chi connectivity index (χ2n) is 6.41. The molecule has 3 saturated heterocycles. The van der Waals surface area contributed by atoms with Gasteiger partial charge in [0.2, 0.25) is 0 Å². The third-order valence-electron chi connectivity index (χ3n) is 5.06. The van der Waals surface area contributed by atoms with E-state index in [1.165, 1.54) is 32.1 Å². The molecular formula is C14H26N2O2S. The number of sulfone groups is 1. The SMILES string of the molecule is O=S1(=O)CCCC(N2CCCCC2C2CCCN2)C1. The van der Waals surface area contributed by atoms with Crippen LogP contribution in [0.5, 0.6) is 0 Å². The van der Waals surface area contributed by atoms with Crippen molar-refractivity contribution in [3.8, 4) is 0 Å². The summed E-state index contributed by atoms with van der Waals surface area (Å²) in [6.45, 7) is 2.24.